The molecule has 3 aromatic heterocycles. The van der Waals surface area contributed by atoms with Crippen molar-refractivity contribution in [2.75, 3.05) is 5.32 Å². The minimum atomic E-state index is -0.668. The summed E-state index contributed by atoms with van der Waals surface area (Å²) in [6.45, 7) is 9.85. The highest BCUT2D eigenvalue weighted by Gasteiger charge is 2.25. The second kappa shape index (κ2) is 10.7. The van der Waals surface area contributed by atoms with Gasteiger partial charge in [0.15, 0.2) is 11.4 Å². The molecule has 1 amide bonds. The van der Waals surface area contributed by atoms with Crippen molar-refractivity contribution in [2.45, 2.75) is 65.7 Å². The lowest BCUT2D eigenvalue weighted by Gasteiger charge is -2.21. The summed E-state index contributed by atoms with van der Waals surface area (Å²) in [6.07, 6.45) is 6.76. The maximum atomic E-state index is 12.6. The van der Waals surface area contributed by atoms with E-state index < -0.39 is 11.7 Å². The van der Waals surface area contributed by atoms with E-state index in [0.29, 0.717) is 36.6 Å². The third kappa shape index (κ3) is 6.34. The maximum Gasteiger partial charge on any atom is 0.412 e. The van der Waals surface area contributed by atoms with Crippen LogP contribution in [0, 0.1) is 6.92 Å². The van der Waals surface area contributed by atoms with E-state index in [9.17, 15) is 4.79 Å². The molecular weight excluding hydrogens is 496 g/mol. The zero-order valence-electron chi connectivity index (χ0n) is 22.8. The fourth-order valence-electron chi connectivity index (χ4n) is 4.18. The lowest BCUT2D eigenvalue weighted by Crippen LogP contribution is -2.27. The van der Waals surface area contributed by atoms with Gasteiger partial charge in [-0.05, 0) is 52.7 Å². The van der Waals surface area contributed by atoms with Crippen LogP contribution in [-0.4, -0.2) is 42.8 Å². The molecule has 39 heavy (non-hydrogen) atoms. The molecule has 0 unspecified atom stereocenters. The number of carbonyl (C=O) groups excluding carboxylic acids is 1. The lowest BCUT2D eigenvalue weighted by molar-refractivity contribution is 0.0636. The monoisotopic (exact) mass is 528 g/mol. The Hall–Kier alpha value is -4.47. The Morgan fingerprint density at radius 1 is 1.13 bits per heavy atom. The number of hydrogen-bond donors (Lipinski definition) is 1. The van der Waals surface area contributed by atoms with Crippen molar-refractivity contribution in [1.29, 1.82) is 0 Å². The summed E-state index contributed by atoms with van der Waals surface area (Å²) >= 11 is 0. The van der Waals surface area contributed by atoms with Crippen LogP contribution in [0.15, 0.2) is 59.2 Å². The minimum Gasteiger partial charge on any atom is -0.474 e. The number of rotatable bonds is 3. The standard InChI is InChI=1S/C29H32N6O4/c1-18-15-22(30-28(36)39-29(3,4)5)24-27-33-32-26(38-27)23-21(14-10-9-11-19(2)37-25(18)31-24)17-35(34-23)16-20-12-7-6-8-13-20/h6-10,12-13,15,17,19H,11,14,16H2,1-5H3,(H,30,36)/t19-/m1/s1. The molecular formula is C29H32N6O4. The SMILES string of the molecule is Cc1cc(NC(=O)OC(C)(C)C)c2nc1O[C@H](C)CC=CCc1cn(Cc3ccccc3)nc1-c1nnc-2o1. The van der Waals surface area contributed by atoms with E-state index in [0.717, 1.165) is 16.7 Å². The van der Waals surface area contributed by atoms with Gasteiger partial charge in [-0.1, -0.05) is 42.5 Å². The van der Waals surface area contributed by atoms with Gasteiger partial charge in [-0.2, -0.15) is 5.10 Å². The Morgan fingerprint density at radius 3 is 2.62 bits per heavy atom. The van der Waals surface area contributed by atoms with Gasteiger partial charge >= 0.3 is 6.09 Å². The summed E-state index contributed by atoms with van der Waals surface area (Å²) in [5.74, 6) is 0.814. The summed E-state index contributed by atoms with van der Waals surface area (Å²) in [7, 11) is 0. The predicted octanol–water partition coefficient (Wildman–Crippen LogP) is 5.97. The van der Waals surface area contributed by atoms with E-state index in [1.165, 1.54) is 0 Å². The Kier molecular flexibility index (Phi) is 7.19. The number of hydrogen-bond acceptors (Lipinski definition) is 8. The van der Waals surface area contributed by atoms with Crippen LogP contribution in [0.4, 0.5) is 10.5 Å². The molecule has 0 saturated carbocycles. The van der Waals surface area contributed by atoms with Gasteiger partial charge in [-0.25, -0.2) is 9.78 Å². The number of carbonyl (C=O) groups is 1. The first kappa shape index (κ1) is 26.1. The van der Waals surface area contributed by atoms with Gasteiger partial charge in [0.2, 0.25) is 5.88 Å². The highest BCUT2D eigenvalue weighted by atomic mass is 16.6. The van der Waals surface area contributed by atoms with E-state index in [4.69, 9.17) is 19.0 Å². The van der Waals surface area contributed by atoms with Crippen LogP contribution in [-0.2, 0) is 17.7 Å². The molecule has 1 aliphatic heterocycles. The minimum absolute atomic E-state index is 0.129. The number of benzene rings is 1. The third-order valence-electron chi connectivity index (χ3n) is 5.94. The Bertz CT molecular complexity index is 1500. The zero-order chi connectivity index (χ0) is 27.6. The Balaban J connectivity index is 1.56. The summed E-state index contributed by atoms with van der Waals surface area (Å²) in [5, 5.41) is 16.1. The van der Waals surface area contributed by atoms with Gasteiger partial charge in [0.1, 0.15) is 11.7 Å². The first-order chi connectivity index (χ1) is 18.6. The predicted molar refractivity (Wildman–Crippen MR) is 146 cm³/mol. The molecule has 1 aliphatic rings. The van der Waals surface area contributed by atoms with Gasteiger partial charge in [0.05, 0.1) is 12.2 Å². The molecule has 10 heteroatoms. The molecule has 202 valence electrons. The number of aromatic nitrogens is 5. The fraction of sp³-hybridized carbons (Fsp3) is 0.345. The summed E-state index contributed by atoms with van der Waals surface area (Å²) in [6, 6.07) is 11.9. The van der Waals surface area contributed by atoms with Gasteiger partial charge in [0.25, 0.3) is 11.8 Å². The van der Waals surface area contributed by atoms with Crippen LogP contribution in [0.1, 0.15) is 50.8 Å². The Morgan fingerprint density at radius 2 is 1.87 bits per heavy atom. The van der Waals surface area contributed by atoms with Crippen LogP contribution >= 0.6 is 0 Å². The van der Waals surface area contributed by atoms with Crippen molar-refractivity contribution < 1.29 is 18.7 Å². The number of allylic oxidation sites excluding steroid dienone is 1. The van der Waals surface area contributed by atoms with Crippen molar-refractivity contribution in [3.8, 4) is 29.0 Å². The normalized spacial score (nSPS) is 15.2. The average molecular weight is 529 g/mol. The smallest absolute Gasteiger partial charge is 0.412 e. The highest BCUT2D eigenvalue weighted by molar-refractivity contribution is 5.89. The number of anilines is 1. The van der Waals surface area contributed by atoms with Crippen molar-refractivity contribution in [2.24, 2.45) is 0 Å². The molecule has 0 spiro atoms. The molecule has 0 aliphatic carbocycles. The van der Waals surface area contributed by atoms with E-state index in [-0.39, 0.29) is 23.6 Å². The van der Waals surface area contributed by atoms with E-state index >= 15 is 0 Å². The van der Waals surface area contributed by atoms with Crippen LogP contribution < -0.4 is 10.1 Å². The number of nitrogens with one attached hydrogen (secondary N) is 1. The fourth-order valence-corrected chi connectivity index (χ4v) is 4.18. The number of amides is 1. The molecule has 4 bridgehead atoms. The molecule has 0 saturated heterocycles. The molecule has 1 N–H and O–H groups in total. The number of ether oxygens (including phenoxy) is 2. The molecule has 4 heterocycles. The molecule has 0 fully saturated rings. The van der Waals surface area contributed by atoms with Crippen LogP contribution in [0.2, 0.25) is 0 Å². The zero-order valence-corrected chi connectivity index (χ0v) is 22.8. The average Bonchev–Trinajstić information content (AvgIpc) is 3.49. The number of pyridine rings is 1. The molecule has 5 rings (SSSR count). The van der Waals surface area contributed by atoms with Gasteiger partial charge in [-0.15, -0.1) is 10.2 Å². The molecule has 1 atom stereocenters. The number of nitrogens with zero attached hydrogens (tertiary/aromatic N) is 5. The first-order valence-electron chi connectivity index (χ1n) is 12.9. The van der Waals surface area contributed by atoms with Crippen molar-refractivity contribution in [1.82, 2.24) is 25.0 Å². The first-order valence-corrected chi connectivity index (χ1v) is 12.9. The largest absolute Gasteiger partial charge is 0.474 e. The highest BCUT2D eigenvalue weighted by Crippen LogP contribution is 2.34. The second-order valence-electron chi connectivity index (χ2n) is 10.6. The molecule has 0 radical (unpaired) electrons. The van der Waals surface area contributed by atoms with Crippen LogP contribution in [0.25, 0.3) is 23.2 Å². The van der Waals surface area contributed by atoms with E-state index in [1.807, 2.05) is 42.9 Å². The van der Waals surface area contributed by atoms with Crippen molar-refractivity contribution in [3.63, 3.8) is 0 Å². The van der Waals surface area contributed by atoms with Crippen LogP contribution in [0.5, 0.6) is 5.88 Å². The summed E-state index contributed by atoms with van der Waals surface area (Å²) in [4.78, 5) is 17.3. The van der Waals surface area contributed by atoms with Crippen LogP contribution in [0.3, 0.4) is 0 Å². The Labute approximate surface area is 227 Å². The van der Waals surface area contributed by atoms with E-state index in [1.54, 1.807) is 26.8 Å². The van der Waals surface area contributed by atoms with Crippen molar-refractivity contribution >= 4 is 11.8 Å². The second-order valence-corrected chi connectivity index (χ2v) is 10.6. The summed E-state index contributed by atoms with van der Waals surface area (Å²) < 4.78 is 19.6. The number of aryl methyl sites for hydroxylation is 1. The topological polar surface area (TPSA) is 117 Å². The van der Waals surface area contributed by atoms with Crippen molar-refractivity contribution in [3.05, 3.63) is 71.4 Å². The maximum absolute atomic E-state index is 12.6. The molecule has 4 aromatic rings. The molecule has 1 aromatic carbocycles. The van der Waals surface area contributed by atoms with Gasteiger partial charge in [0, 0.05) is 23.7 Å². The number of fused-ring (bicyclic) bond motifs is 7. The lowest BCUT2D eigenvalue weighted by atomic mass is 10.1. The van der Waals surface area contributed by atoms with E-state index in [2.05, 4.69) is 44.8 Å². The quantitative estimate of drug-likeness (QED) is 0.323. The van der Waals surface area contributed by atoms with Gasteiger partial charge < -0.3 is 13.9 Å². The molecule has 10 nitrogen and oxygen atoms in total. The van der Waals surface area contributed by atoms with Gasteiger partial charge in [-0.3, -0.25) is 10.00 Å². The third-order valence-corrected chi connectivity index (χ3v) is 5.94. The summed E-state index contributed by atoms with van der Waals surface area (Å²) in [5.41, 5.74) is 3.42.